The van der Waals surface area contributed by atoms with E-state index in [1.54, 1.807) is 29.8 Å². The van der Waals surface area contributed by atoms with Crippen LogP contribution in [0.1, 0.15) is 16.1 Å². The summed E-state index contributed by atoms with van der Waals surface area (Å²) in [5.74, 6) is -0.0428. The minimum Gasteiger partial charge on any atom is -0.398 e. The predicted octanol–water partition coefficient (Wildman–Crippen LogP) is 1.39. The highest BCUT2D eigenvalue weighted by Crippen LogP contribution is 2.20. The molecule has 6 nitrogen and oxygen atoms in total. The molecule has 0 aliphatic carbocycles. The first kappa shape index (κ1) is 13.8. The van der Waals surface area contributed by atoms with E-state index in [1.807, 2.05) is 17.2 Å². The van der Waals surface area contributed by atoms with Crippen molar-refractivity contribution in [2.45, 2.75) is 6.92 Å². The van der Waals surface area contributed by atoms with Crippen LogP contribution in [-0.4, -0.2) is 47.0 Å². The molecule has 21 heavy (non-hydrogen) atoms. The normalized spacial score (nSPS) is 15.3. The first-order valence-corrected chi connectivity index (χ1v) is 7.69. The van der Waals surface area contributed by atoms with Gasteiger partial charge < -0.3 is 15.5 Å². The van der Waals surface area contributed by atoms with E-state index < -0.39 is 0 Å². The average Bonchev–Trinajstić information content (AvgIpc) is 3.01. The molecule has 0 atom stereocenters. The van der Waals surface area contributed by atoms with Crippen LogP contribution in [0.15, 0.2) is 23.8 Å². The molecule has 1 aliphatic rings. The molecule has 7 heteroatoms. The van der Waals surface area contributed by atoms with Crippen LogP contribution in [0.3, 0.4) is 0 Å². The van der Waals surface area contributed by atoms with E-state index in [1.165, 1.54) is 0 Å². The van der Waals surface area contributed by atoms with Crippen molar-refractivity contribution in [1.82, 2.24) is 14.9 Å². The summed E-state index contributed by atoms with van der Waals surface area (Å²) in [5, 5.41) is 2.98. The third-order valence-corrected chi connectivity index (χ3v) is 4.39. The molecule has 2 aromatic heterocycles. The van der Waals surface area contributed by atoms with E-state index in [0.29, 0.717) is 24.3 Å². The number of hydrogen-bond donors (Lipinski definition) is 1. The number of rotatable bonds is 2. The Morgan fingerprint density at radius 3 is 2.67 bits per heavy atom. The topological polar surface area (TPSA) is 75.4 Å². The van der Waals surface area contributed by atoms with Crippen molar-refractivity contribution in [3.63, 3.8) is 0 Å². The van der Waals surface area contributed by atoms with Gasteiger partial charge in [0.25, 0.3) is 5.91 Å². The molecule has 1 aliphatic heterocycles. The van der Waals surface area contributed by atoms with Gasteiger partial charge in [-0.05, 0) is 13.0 Å². The molecule has 2 N–H and O–H groups in total. The summed E-state index contributed by atoms with van der Waals surface area (Å²) >= 11 is 1.62. The number of carbonyl (C=O) groups is 1. The molecule has 0 radical (unpaired) electrons. The summed E-state index contributed by atoms with van der Waals surface area (Å²) in [4.78, 5) is 25.0. The third-order valence-electron chi connectivity index (χ3n) is 3.56. The lowest BCUT2D eigenvalue weighted by atomic mass is 10.1. The Labute approximate surface area is 127 Å². The van der Waals surface area contributed by atoms with Gasteiger partial charge >= 0.3 is 0 Å². The molecule has 0 bridgehead atoms. The molecule has 1 amide bonds. The number of pyridine rings is 1. The van der Waals surface area contributed by atoms with Crippen molar-refractivity contribution in [3.05, 3.63) is 35.1 Å². The molecule has 1 saturated heterocycles. The number of nitrogen functional groups attached to an aromatic ring is 1. The van der Waals surface area contributed by atoms with Crippen molar-refractivity contribution >= 4 is 28.1 Å². The number of anilines is 2. The molecule has 3 rings (SSSR count). The van der Waals surface area contributed by atoms with Crippen molar-refractivity contribution in [1.29, 1.82) is 0 Å². The van der Waals surface area contributed by atoms with Gasteiger partial charge in [-0.3, -0.25) is 9.78 Å². The number of hydrogen-bond acceptors (Lipinski definition) is 6. The summed E-state index contributed by atoms with van der Waals surface area (Å²) in [6.45, 7) is 4.78. The van der Waals surface area contributed by atoms with Crippen LogP contribution in [0.2, 0.25) is 0 Å². The fourth-order valence-electron chi connectivity index (χ4n) is 2.40. The fourth-order valence-corrected chi connectivity index (χ4v) is 3.10. The summed E-state index contributed by atoms with van der Waals surface area (Å²) in [7, 11) is 0. The van der Waals surface area contributed by atoms with Crippen LogP contribution in [-0.2, 0) is 0 Å². The highest BCUT2D eigenvalue weighted by Gasteiger charge is 2.24. The Balaban J connectivity index is 1.67. The molecular formula is C14H17N5OS. The van der Waals surface area contributed by atoms with Gasteiger partial charge in [-0.2, -0.15) is 0 Å². The van der Waals surface area contributed by atoms with E-state index in [0.717, 1.165) is 23.9 Å². The zero-order chi connectivity index (χ0) is 14.8. The number of nitrogens with two attached hydrogens (primary N) is 1. The molecule has 1 fully saturated rings. The van der Waals surface area contributed by atoms with Crippen LogP contribution in [0.25, 0.3) is 0 Å². The average molecular weight is 303 g/mol. The number of thiazole rings is 1. The minimum absolute atomic E-state index is 0.0428. The van der Waals surface area contributed by atoms with Gasteiger partial charge in [0.2, 0.25) is 0 Å². The molecule has 2 aromatic rings. The number of piperazine rings is 1. The number of carbonyl (C=O) groups excluding carboxylic acids is 1. The van der Waals surface area contributed by atoms with Gasteiger partial charge in [-0.1, -0.05) is 0 Å². The second-order valence-corrected chi connectivity index (χ2v) is 5.88. The Kier molecular flexibility index (Phi) is 3.74. The number of amides is 1. The molecule has 110 valence electrons. The summed E-state index contributed by atoms with van der Waals surface area (Å²) in [6, 6.07) is 1.74. The maximum atomic E-state index is 12.5. The van der Waals surface area contributed by atoms with Crippen molar-refractivity contribution in [2.24, 2.45) is 0 Å². The van der Waals surface area contributed by atoms with E-state index >= 15 is 0 Å². The predicted molar refractivity (Wildman–Crippen MR) is 83.6 cm³/mol. The molecular weight excluding hydrogens is 286 g/mol. The lowest BCUT2D eigenvalue weighted by molar-refractivity contribution is 0.0747. The van der Waals surface area contributed by atoms with Crippen LogP contribution < -0.4 is 10.6 Å². The highest BCUT2D eigenvalue weighted by molar-refractivity contribution is 7.13. The lowest BCUT2D eigenvalue weighted by Crippen LogP contribution is -2.48. The van der Waals surface area contributed by atoms with E-state index in [-0.39, 0.29) is 5.91 Å². The summed E-state index contributed by atoms with van der Waals surface area (Å²) in [5.41, 5.74) is 7.73. The Bertz CT molecular complexity index is 635. The van der Waals surface area contributed by atoms with Gasteiger partial charge in [0.1, 0.15) is 0 Å². The first-order chi connectivity index (χ1) is 10.1. The molecule has 0 aromatic carbocycles. The SMILES string of the molecule is Cc1cc(N)c(C(=O)N2CCN(c3nccs3)CC2)cn1. The second kappa shape index (κ2) is 5.69. The molecule has 3 heterocycles. The van der Waals surface area contributed by atoms with Gasteiger partial charge in [-0.15, -0.1) is 11.3 Å². The van der Waals surface area contributed by atoms with E-state index in [2.05, 4.69) is 14.9 Å². The first-order valence-electron chi connectivity index (χ1n) is 6.81. The third kappa shape index (κ3) is 2.82. The van der Waals surface area contributed by atoms with Crippen molar-refractivity contribution in [2.75, 3.05) is 36.8 Å². The maximum Gasteiger partial charge on any atom is 0.257 e. The quantitative estimate of drug-likeness (QED) is 0.907. The van der Waals surface area contributed by atoms with Gasteiger partial charge in [0, 0.05) is 55.3 Å². The minimum atomic E-state index is -0.0428. The van der Waals surface area contributed by atoms with Gasteiger partial charge in [-0.25, -0.2) is 4.98 Å². The molecule has 0 spiro atoms. The molecule has 0 unspecified atom stereocenters. The number of aromatic nitrogens is 2. The fraction of sp³-hybridized carbons (Fsp3) is 0.357. The maximum absolute atomic E-state index is 12.5. The zero-order valence-electron chi connectivity index (χ0n) is 11.8. The monoisotopic (exact) mass is 303 g/mol. The van der Waals surface area contributed by atoms with E-state index in [9.17, 15) is 4.79 Å². The summed E-state index contributed by atoms with van der Waals surface area (Å²) < 4.78 is 0. The Hall–Kier alpha value is -2.15. The highest BCUT2D eigenvalue weighted by atomic mass is 32.1. The smallest absolute Gasteiger partial charge is 0.257 e. The van der Waals surface area contributed by atoms with Crippen LogP contribution >= 0.6 is 11.3 Å². The van der Waals surface area contributed by atoms with Crippen LogP contribution in [0, 0.1) is 6.92 Å². The van der Waals surface area contributed by atoms with Crippen molar-refractivity contribution < 1.29 is 4.79 Å². The summed E-state index contributed by atoms with van der Waals surface area (Å²) in [6.07, 6.45) is 3.37. The number of nitrogens with zero attached hydrogens (tertiary/aromatic N) is 4. The number of aryl methyl sites for hydroxylation is 1. The van der Waals surface area contributed by atoms with Gasteiger partial charge in [0.15, 0.2) is 5.13 Å². The largest absolute Gasteiger partial charge is 0.398 e. The van der Waals surface area contributed by atoms with Crippen molar-refractivity contribution in [3.8, 4) is 0 Å². The molecule has 0 saturated carbocycles. The zero-order valence-corrected chi connectivity index (χ0v) is 12.6. The lowest BCUT2D eigenvalue weighted by Gasteiger charge is -2.34. The van der Waals surface area contributed by atoms with E-state index in [4.69, 9.17) is 5.73 Å². The Morgan fingerprint density at radius 2 is 2.05 bits per heavy atom. The standard InChI is InChI=1S/C14H17N5OS/c1-10-8-12(15)11(9-17-10)13(20)18-3-5-19(6-4-18)14-16-2-7-21-14/h2,7-9H,3-6H2,1H3,(H2,15,17). The van der Waals surface area contributed by atoms with Crippen LogP contribution in [0.4, 0.5) is 10.8 Å². The Morgan fingerprint density at radius 1 is 1.29 bits per heavy atom. The second-order valence-electron chi connectivity index (χ2n) is 5.01. The van der Waals surface area contributed by atoms with Crippen LogP contribution in [0.5, 0.6) is 0 Å². The van der Waals surface area contributed by atoms with Gasteiger partial charge in [0.05, 0.1) is 5.56 Å².